The highest BCUT2D eigenvalue weighted by atomic mass is 16.7. The van der Waals surface area contributed by atoms with Gasteiger partial charge >= 0.3 is 11.9 Å². The van der Waals surface area contributed by atoms with Crippen LogP contribution in [0.5, 0.6) is 0 Å². The molecule has 0 amide bonds. The lowest BCUT2D eigenvalue weighted by molar-refractivity contribution is -0.197. The fourth-order valence-electron chi connectivity index (χ4n) is 1.04. The number of carbonyl (C=O) groups excluding carboxylic acids is 2. The Labute approximate surface area is 102 Å². The van der Waals surface area contributed by atoms with Crippen LogP contribution in [0, 0.1) is 0 Å². The SMILES string of the molecule is CCCCOC(OCCCC)C(=O)OC(C)=O. The number of esters is 2. The first-order valence-corrected chi connectivity index (χ1v) is 6.07. The van der Waals surface area contributed by atoms with Crippen molar-refractivity contribution >= 4 is 11.9 Å². The van der Waals surface area contributed by atoms with Gasteiger partial charge in [0, 0.05) is 6.92 Å². The molecule has 0 fully saturated rings. The third-order valence-corrected chi connectivity index (χ3v) is 1.97. The molecule has 0 rings (SSSR count). The van der Waals surface area contributed by atoms with Crippen molar-refractivity contribution in [3.8, 4) is 0 Å². The first-order chi connectivity index (χ1) is 8.11. The molecule has 0 aromatic heterocycles. The van der Waals surface area contributed by atoms with E-state index in [4.69, 9.17) is 9.47 Å². The third-order valence-electron chi connectivity index (χ3n) is 1.97. The van der Waals surface area contributed by atoms with E-state index in [9.17, 15) is 9.59 Å². The molecule has 0 N–H and O–H groups in total. The van der Waals surface area contributed by atoms with Gasteiger partial charge in [-0.3, -0.25) is 4.79 Å². The zero-order valence-corrected chi connectivity index (χ0v) is 10.9. The van der Waals surface area contributed by atoms with Crippen molar-refractivity contribution in [3.05, 3.63) is 0 Å². The second-order valence-electron chi connectivity index (χ2n) is 3.69. The van der Waals surface area contributed by atoms with Gasteiger partial charge in [-0.25, -0.2) is 4.79 Å². The van der Waals surface area contributed by atoms with Gasteiger partial charge in [0.1, 0.15) is 0 Å². The van der Waals surface area contributed by atoms with E-state index < -0.39 is 18.2 Å². The van der Waals surface area contributed by atoms with Crippen LogP contribution >= 0.6 is 0 Å². The van der Waals surface area contributed by atoms with E-state index in [1.807, 2.05) is 13.8 Å². The average molecular weight is 246 g/mol. The maximum atomic E-state index is 11.4. The van der Waals surface area contributed by atoms with Crippen LogP contribution in [0.1, 0.15) is 46.5 Å². The minimum Gasteiger partial charge on any atom is -0.390 e. The summed E-state index contributed by atoms with van der Waals surface area (Å²) in [5.41, 5.74) is 0. The van der Waals surface area contributed by atoms with Crippen molar-refractivity contribution in [1.29, 1.82) is 0 Å². The van der Waals surface area contributed by atoms with Crippen LogP contribution in [0.2, 0.25) is 0 Å². The van der Waals surface area contributed by atoms with Crippen LogP contribution in [0.3, 0.4) is 0 Å². The lowest BCUT2D eigenvalue weighted by Crippen LogP contribution is -2.31. The Bertz CT molecular complexity index is 217. The molecular weight excluding hydrogens is 224 g/mol. The summed E-state index contributed by atoms with van der Waals surface area (Å²) in [6.07, 6.45) is 2.51. The number of unbranched alkanes of at least 4 members (excludes halogenated alkanes) is 2. The molecule has 0 aliphatic carbocycles. The molecule has 0 unspecified atom stereocenters. The normalized spacial score (nSPS) is 10.6. The fourth-order valence-corrected chi connectivity index (χ4v) is 1.04. The monoisotopic (exact) mass is 246 g/mol. The van der Waals surface area contributed by atoms with Gasteiger partial charge < -0.3 is 14.2 Å². The molecule has 0 aromatic rings. The summed E-state index contributed by atoms with van der Waals surface area (Å²) < 4.78 is 14.9. The second-order valence-corrected chi connectivity index (χ2v) is 3.69. The van der Waals surface area contributed by atoms with E-state index >= 15 is 0 Å². The van der Waals surface area contributed by atoms with E-state index in [-0.39, 0.29) is 0 Å². The predicted molar refractivity (Wildman–Crippen MR) is 62.3 cm³/mol. The first kappa shape index (κ1) is 16.1. The smallest absolute Gasteiger partial charge is 0.371 e. The summed E-state index contributed by atoms with van der Waals surface area (Å²) in [5, 5.41) is 0. The Morgan fingerprint density at radius 1 is 1.00 bits per heavy atom. The van der Waals surface area contributed by atoms with E-state index in [1.54, 1.807) is 0 Å². The number of ether oxygens (including phenoxy) is 3. The van der Waals surface area contributed by atoms with Crippen molar-refractivity contribution in [2.75, 3.05) is 13.2 Å². The van der Waals surface area contributed by atoms with Crippen LogP contribution in [-0.2, 0) is 23.8 Å². The summed E-state index contributed by atoms with van der Waals surface area (Å²) in [6.45, 7) is 6.04. The van der Waals surface area contributed by atoms with Gasteiger partial charge in [-0.1, -0.05) is 26.7 Å². The van der Waals surface area contributed by atoms with Crippen molar-refractivity contribution in [1.82, 2.24) is 0 Å². The van der Waals surface area contributed by atoms with Gasteiger partial charge in [-0.2, -0.15) is 0 Å². The van der Waals surface area contributed by atoms with Gasteiger partial charge in [-0.15, -0.1) is 0 Å². The Morgan fingerprint density at radius 3 is 1.82 bits per heavy atom. The molecule has 0 aromatic carbocycles. The van der Waals surface area contributed by atoms with E-state index in [0.717, 1.165) is 25.7 Å². The minimum absolute atomic E-state index is 0.417. The van der Waals surface area contributed by atoms with Crippen molar-refractivity contribution in [2.24, 2.45) is 0 Å². The van der Waals surface area contributed by atoms with Gasteiger partial charge in [0.25, 0.3) is 6.29 Å². The summed E-state index contributed by atoms with van der Waals surface area (Å²) in [4.78, 5) is 22.1. The molecule has 0 aliphatic heterocycles. The minimum atomic E-state index is -1.09. The maximum absolute atomic E-state index is 11.4. The van der Waals surface area contributed by atoms with Gasteiger partial charge in [-0.05, 0) is 12.8 Å². The Balaban J connectivity index is 4.07. The van der Waals surface area contributed by atoms with Crippen LogP contribution in [0.4, 0.5) is 0 Å². The number of carbonyl (C=O) groups is 2. The zero-order chi connectivity index (χ0) is 13.1. The van der Waals surface area contributed by atoms with Crippen LogP contribution in [-0.4, -0.2) is 31.4 Å². The molecule has 100 valence electrons. The molecule has 0 saturated carbocycles. The summed E-state index contributed by atoms with van der Waals surface area (Å²) in [5.74, 6) is -1.43. The number of rotatable bonds is 9. The summed E-state index contributed by atoms with van der Waals surface area (Å²) in [7, 11) is 0. The lowest BCUT2D eigenvalue weighted by Gasteiger charge is -2.16. The molecular formula is C12H22O5. The van der Waals surface area contributed by atoms with Gasteiger partial charge in [0.05, 0.1) is 13.2 Å². The first-order valence-electron chi connectivity index (χ1n) is 6.07. The Morgan fingerprint density at radius 2 is 1.47 bits per heavy atom. The Hall–Kier alpha value is -0.940. The standard InChI is InChI=1S/C12H22O5/c1-4-6-8-15-12(16-9-7-5-2)11(14)17-10(3)13/h12H,4-9H2,1-3H3. The number of hydrogen-bond donors (Lipinski definition) is 0. The summed E-state index contributed by atoms with van der Waals surface area (Å²) in [6, 6.07) is 0. The highest BCUT2D eigenvalue weighted by Crippen LogP contribution is 2.03. The predicted octanol–water partition coefficient (Wildman–Crippen LogP) is 2.04. The fraction of sp³-hybridized carbons (Fsp3) is 0.833. The average Bonchev–Trinajstić information content (AvgIpc) is 2.26. The highest BCUT2D eigenvalue weighted by molar-refractivity contribution is 5.85. The largest absolute Gasteiger partial charge is 0.390 e. The maximum Gasteiger partial charge on any atom is 0.371 e. The summed E-state index contributed by atoms with van der Waals surface area (Å²) >= 11 is 0. The molecule has 0 bridgehead atoms. The van der Waals surface area contributed by atoms with Crippen LogP contribution in [0.15, 0.2) is 0 Å². The van der Waals surface area contributed by atoms with Crippen molar-refractivity contribution in [2.45, 2.75) is 52.7 Å². The van der Waals surface area contributed by atoms with E-state index in [1.165, 1.54) is 6.92 Å². The molecule has 0 spiro atoms. The second kappa shape index (κ2) is 10.2. The highest BCUT2D eigenvalue weighted by Gasteiger charge is 2.22. The molecule has 5 heteroatoms. The molecule has 17 heavy (non-hydrogen) atoms. The Kier molecular flexibility index (Phi) is 9.66. The molecule has 0 atom stereocenters. The van der Waals surface area contributed by atoms with Crippen LogP contribution < -0.4 is 0 Å². The quantitative estimate of drug-likeness (QED) is 0.269. The molecule has 0 heterocycles. The van der Waals surface area contributed by atoms with Crippen molar-refractivity contribution in [3.63, 3.8) is 0 Å². The van der Waals surface area contributed by atoms with Gasteiger partial charge in [0.2, 0.25) is 0 Å². The third kappa shape index (κ3) is 8.83. The molecule has 0 aliphatic rings. The van der Waals surface area contributed by atoms with E-state index in [2.05, 4.69) is 4.74 Å². The molecule has 0 saturated heterocycles. The molecule has 0 radical (unpaired) electrons. The zero-order valence-electron chi connectivity index (χ0n) is 10.9. The van der Waals surface area contributed by atoms with Crippen molar-refractivity contribution < 1.29 is 23.8 Å². The number of hydrogen-bond acceptors (Lipinski definition) is 5. The molecule has 5 nitrogen and oxygen atoms in total. The topological polar surface area (TPSA) is 61.8 Å². The lowest BCUT2D eigenvalue weighted by atomic mass is 10.3. The van der Waals surface area contributed by atoms with E-state index in [0.29, 0.717) is 13.2 Å². The van der Waals surface area contributed by atoms with Gasteiger partial charge in [0.15, 0.2) is 0 Å². The van der Waals surface area contributed by atoms with Crippen LogP contribution in [0.25, 0.3) is 0 Å².